The summed E-state index contributed by atoms with van der Waals surface area (Å²) < 4.78 is 0. The third kappa shape index (κ3) is 2.90. The molecule has 2 heterocycles. The third-order valence-corrected chi connectivity index (χ3v) is 4.66. The molecule has 0 aromatic carbocycles. The van der Waals surface area contributed by atoms with Crippen molar-refractivity contribution in [1.29, 1.82) is 0 Å². The summed E-state index contributed by atoms with van der Waals surface area (Å²) in [5.41, 5.74) is -0.785. The number of hydrogen-bond donors (Lipinski definition) is 1. The number of carboxylic acids is 1. The van der Waals surface area contributed by atoms with Crippen LogP contribution in [-0.2, 0) is 4.79 Å². The molecule has 0 spiro atoms. The Kier molecular flexibility index (Phi) is 4.22. The van der Waals surface area contributed by atoms with Crippen LogP contribution in [0, 0.1) is 5.41 Å². The Bertz CT molecular complexity index is 399. The van der Waals surface area contributed by atoms with E-state index in [-0.39, 0.29) is 6.03 Å². The Morgan fingerprint density at radius 3 is 2.50 bits per heavy atom. The number of carbonyl (C=O) groups is 2. The van der Waals surface area contributed by atoms with Gasteiger partial charge in [0.15, 0.2) is 0 Å². The molecule has 6 nitrogen and oxygen atoms in total. The van der Waals surface area contributed by atoms with E-state index in [0.717, 1.165) is 25.9 Å². The van der Waals surface area contributed by atoms with Gasteiger partial charge in [-0.05, 0) is 40.3 Å². The number of urea groups is 1. The van der Waals surface area contributed by atoms with E-state index in [1.54, 1.807) is 11.8 Å². The van der Waals surface area contributed by atoms with Crippen LogP contribution in [0.5, 0.6) is 0 Å². The monoisotopic (exact) mass is 283 g/mol. The predicted molar refractivity (Wildman–Crippen MR) is 75.6 cm³/mol. The van der Waals surface area contributed by atoms with Gasteiger partial charge < -0.3 is 19.8 Å². The molecule has 6 heteroatoms. The average molecular weight is 283 g/mol. The van der Waals surface area contributed by atoms with E-state index in [2.05, 4.69) is 4.90 Å². The lowest BCUT2D eigenvalue weighted by Crippen LogP contribution is -2.51. The first kappa shape index (κ1) is 15.1. The zero-order chi connectivity index (χ0) is 14.9. The first-order valence-corrected chi connectivity index (χ1v) is 7.27. The number of likely N-dealkylation sites (N-methyl/N-ethyl adjacent to an activating group) is 1. The van der Waals surface area contributed by atoms with Gasteiger partial charge in [-0.1, -0.05) is 0 Å². The summed E-state index contributed by atoms with van der Waals surface area (Å²) in [6, 6.07) is 0.405. The van der Waals surface area contributed by atoms with Crippen molar-refractivity contribution in [1.82, 2.24) is 14.7 Å². The lowest BCUT2D eigenvalue weighted by Gasteiger charge is -2.38. The van der Waals surface area contributed by atoms with E-state index in [1.165, 1.54) is 0 Å². The third-order valence-electron chi connectivity index (χ3n) is 4.66. The smallest absolute Gasteiger partial charge is 0.320 e. The Labute approximate surface area is 120 Å². The second kappa shape index (κ2) is 5.60. The van der Waals surface area contributed by atoms with E-state index in [0.29, 0.717) is 25.6 Å². The highest BCUT2D eigenvalue weighted by molar-refractivity contribution is 5.79. The van der Waals surface area contributed by atoms with Crippen LogP contribution in [-0.4, -0.2) is 78.1 Å². The maximum absolute atomic E-state index is 12.5. The fraction of sp³-hybridized carbons (Fsp3) is 0.857. The van der Waals surface area contributed by atoms with Gasteiger partial charge in [-0.3, -0.25) is 4.79 Å². The number of piperidine rings is 1. The number of likely N-dealkylation sites (tertiary alicyclic amines) is 2. The molecule has 2 amide bonds. The molecule has 2 fully saturated rings. The normalized spacial score (nSPS) is 30.9. The second-order valence-corrected chi connectivity index (χ2v) is 6.53. The standard InChI is InChI=1S/C14H25N3O3/c1-14(12(18)19)6-8-17(10-14)13(20)16-7-4-5-11(9-16)15(2)3/h11H,4-10H2,1-3H3,(H,18,19). The molecule has 0 aromatic heterocycles. The van der Waals surface area contributed by atoms with Gasteiger partial charge in [0.2, 0.25) is 0 Å². The molecule has 0 aromatic rings. The topological polar surface area (TPSA) is 64.1 Å². The predicted octanol–water partition coefficient (Wildman–Crippen LogP) is 0.929. The van der Waals surface area contributed by atoms with Crippen LogP contribution in [0.2, 0.25) is 0 Å². The summed E-state index contributed by atoms with van der Waals surface area (Å²) in [6.07, 6.45) is 2.67. The quantitative estimate of drug-likeness (QED) is 0.819. The number of aliphatic carboxylic acids is 1. The average Bonchev–Trinajstić information content (AvgIpc) is 2.82. The van der Waals surface area contributed by atoms with Crippen LogP contribution in [0.25, 0.3) is 0 Å². The van der Waals surface area contributed by atoms with E-state index in [1.807, 2.05) is 19.0 Å². The summed E-state index contributed by atoms with van der Waals surface area (Å²) in [5.74, 6) is -0.808. The molecular formula is C14H25N3O3. The lowest BCUT2D eigenvalue weighted by atomic mass is 9.90. The molecule has 2 unspecified atom stereocenters. The van der Waals surface area contributed by atoms with Crippen LogP contribution in [0.1, 0.15) is 26.2 Å². The first-order chi connectivity index (χ1) is 9.33. The van der Waals surface area contributed by atoms with Gasteiger partial charge in [-0.25, -0.2) is 4.79 Å². The highest BCUT2D eigenvalue weighted by atomic mass is 16.4. The van der Waals surface area contributed by atoms with Crippen LogP contribution in [0.3, 0.4) is 0 Å². The minimum absolute atomic E-state index is 0.00141. The molecule has 0 saturated carbocycles. The van der Waals surface area contributed by atoms with Gasteiger partial charge in [0, 0.05) is 32.2 Å². The molecular weight excluding hydrogens is 258 g/mol. The van der Waals surface area contributed by atoms with E-state index < -0.39 is 11.4 Å². The zero-order valence-electron chi connectivity index (χ0n) is 12.6. The van der Waals surface area contributed by atoms with Gasteiger partial charge in [-0.2, -0.15) is 0 Å². The summed E-state index contributed by atoms with van der Waals surface area (Å²) in [5, 5.41) is 9.24. The Morgan fingerprint density at radius 2 is 1.95 bits per heavy atom. The summed E-state index contributed by atoms with van der Waals surface area (Å²) >= 11 is 0. The Hall–Kier alpha value is -1.30. The fourth-order valence-electron chi connectivity index (χ4n) is 3.05. The van der Waals surface area contributed by atoms with Crippen LogP contribution in [0.4, 0.5) is 4.79 Å². The minimum atomic E-state index is -0.808. The SMILES string of the molecule is CN(C)C1CCCN(C(=O)N2CCC(C)(C(=O)O)C2)C1. The zero-order valence-corrected chi connectivity index (χ0v) is 12.6. The van der Waals surface area contributed by atoms with Crippen molar-refractivity contribution in [2.45, 2.75) is 32.2 Å². The molecule has 2 saturated heterocycles. The van der Waals surface area contributed by atoms with Crippen LogP contribution < -0.4 is 0 Å². The van der Waals surface area contributed by atoms with Crippen molar-refractivity contribution in [2.75, 3.05) is 40.3 Å². The van der Waals surface area contributed by atoms with Gasteiger partial charge in [0.05, 0.1) is 5.41 Å². The number of hydrogen-bond acceptors (Lipinski definition) is 3. The number of carboxylic acid groups (broad SMARTS) is 1. The second-order valence-electron chi connectivity index (χ2n) is 6.53. The largest absolute Gasteiger partial charge is 0.481 e. The summed E-state index contributed by atoms with van der Waals surface area (Å²) in [7, 11) is 4.08. The molecule has 2 aliphatic heterocycles. The van der Waals surface area contributed by atoms with Crippen molar-refractivity contribution < 1.29 is 14.7 Å². The van der Waals surface area contributed by atoms with Crippen molar-refractivity contribution in [3.8, 4) is 0 Å². The van der Waals surface area contributed by atoms with Crippen molar-refractivity contribution in [3.63, 3.8) is 0 Å². The highest BCUT2D eigenvalue weighted by Gasteiger charge is 2.43. The molecule has 0 bridgehead atoms. The molecule has 0 aliphatic carbocycles. The summed E-state index contributed by atoms with van der Waals surface area (Å²) in [4.78, 5) is 29.5. The Morgan fingerprint density at radius 1 is 1.25 bits per heavy atom. The van der Waals surface area contributed by atoms with E-state index in [4.69, 9.17) is 0 Å². The molecule has 0 radical (unpaired) electrons. The first-order valence-electron chi connectivity index (χ1n) is 7.27. The lowest BCUT2D eigenvalue weighted by molar-refractivity contribution is -0.147. The Balaban J connectivity index is 1.97. The van der Waals surface area contributed by atoms with E-state index in [9.17, 15) is 14.7 Å². The molecule has 2 aliphatic rings. The van der Waals surface area contributed by atoms with Crippen molar-refractivity contribution in [3.05, 3.63) is 0 Å². The number of nitrogens with zero attached hydrogens (tertiary/aromatic N) is 3. The molecule has 1 N–H and O–H groups in total. The highest BCUT2D eigenvalue weighted by Crippen LogP contribution is 2.31. The van der Waals surface area contributed by atoms with Crippen LogP contribution >= 0.6 is 0 Å². The molecule has 2 atom stereocenters. The number of rotatable bonds is 2. The minimum Gasteiger partial charge on any atom is -0.481 e. The molecule has 20 heavy (non-hydrogen) atoms. The molecule has 2 rings (SSSR count). The number of carbonyl (C=O) groups excluding carboxylic acids is 1. The summed E-state index contributed by atoms with van der Waals surface area (Å²) in [6.45, 7) is 4.12. The number of amides is 2. The van der Waals surface area contributed by atoms with Gasteiger partial charge in [0.25, 0.3) is 0 Å². The fourth-order valence-corrected chi connectivity index (χ4v) is 3.05. The van der Waals surface area contributed by atoms with Crippen molar-refractivity contribution >= 4 is 12.0 Å². The van der Waals surface area contributed by atoms with E-state index >= 15 is 0 Å². The molecule has 114 valence electrons. The maximum atomic E-state index is 12.5. The van der Waals surface area contributed by atoms with Gasteiger partial charge in [-0.15, -0.1) is 0 Å². The maximum Gasteiger partial charge on any atom is 0.320 e. The van der Waals surface area contributed by atoms with Gasteiger partial charge in [0.1, 0.15) is 0 Å². The van der Waals surface area contributed by atoms with Gasteiger partial charge >= 0.3 is 12.0 Å². The van der Waals surface area contributed by atoms with Crippen LogP contribution in [0.15, 0.2) is 0 Å². The van der Waals surface area contributed by atoms with Crippen molar-refractivity contribution in [2.24, 2.45) is 5.41 Å².